The largest absolute Gasteiger partial charge is 0.392 e. The van der Waals surface area contributed by atoms with Gasteiger partial charge in [-0.2, -0.15) is 0 Å². The molecule has 0 spiro atoms. The van der Waals surface area contributed by atoms with Crippen LogP contribution in [0.4, 0.5) is 5.69 Å². The first-order valence-electron chi connectivity index (χ1n) is 6.79. The van der Waals surface area contributed by atoms with Gasteiger partial charge in [0.05, 0.1) is 13.2 Å². The Morgan fingerprint density at radius 2 is 1.76 bits per heavy atom. The van der Waals surface area contributed by atoms with Crippen LogP contribution in [-0.2, 0) is 13.2 Å². The summed E-state index contributed by atoms with van der Waals surface area (Å²) in [5.74, 6) is 0. The zero-order valence-electron chi connectivity index (χ0n) is 11.5. The smallest absolute Gasteiger partial charge is 0.123 e. The summed E-state index contributed by atoms with van der Waals surface area (Å²) >= 11 is 1.68. The minimum Gasteiger partial charge on any atom is -0.392 e. The number of thiazole rings is 1. The van der Waals surface area contributed by atoms with Crippen molar-refractivity contribution in [3.8, 4) is 10.6 Å². The highest BCUT2D eigenvalue weighted by Crippen LogP contribution is 2.25. The Kier molecular flexibility index (Phi) is 4.28. The Balaban J connectivity index is 1.71. The van der Waals surface area contributed by atoms with Crippen molar-refractivity contribution in [2.24, 2.45) is 0 Å². The molecule has 2 N–H and O–H groups in total. The summed E-state index contributed by atoms with van der Waals surface area (Å²) < 4.78 is 0. The number of aliphatic hydroxyl groups excluding tert-OH is 1. The molecule has 21 heavy (non-hydrogen) atoms. The Labute approximate surface area is 127 Å². The lowest BCUT2D eigenvalue weighted by Gasteiger charge is -2.08. The van der Waals surface area contributed by atoms with Crippen molar-refractivity contribution < 1.29 is 5.11 Å². The van der Waals surface area contributed by atoms with Gasteiger partial charge >= 0.3 is 0 Å². The average molecular weight is 296 g/mol. The summed E-state index contributed by atoms with van der Waals surface area (Å²) in [5.41, 5.74) is 3.02. The van der Waals surface area contributed by atoms with Crippen molar-refractivity contribution in [3.63, 3.8) is 0 Å². The van der Waals surface area contributed by atoms with Gasteiger partial charge in [-0.25, -0.2) is 4.98 Å². The molecule has 3 rings (SSSR count). The molecule has 0 aliphatic heterocycles. The summed E-state index contributed by atoms with van der Waals surface area (Å²) in [4.78, 5) is 5.64. The fraction of sp³-hybridized carbons (Fsp3) is 0.118. The molecule has 106 valence electrons. The van der Waals surface area contributed by atoms with E-state index < -0.39 is 0 Å². The molecule has 0 aliphatic rings. The molecule has 0 saturated heterocycles. The summed E-state index contributed by atoms with van der Waals surface area (Å²) in [6.07, 6.45) is 1.90. The van der Waals surface area contributed by atoms with E-state index in [1.54, 1.807) is 11.3 Å². The second-order valence-corrected chi connectivity index (χ2v) is 5.78. The lowest BCUT2D eigenvalue weighted by Crippen LogP contribution is -2.00. The van der Waals surface area contributed by atoms with E-state index in [0.717, 1.165) is 21.8 Å². The predicted octanol–water partition coefficient (Wildman–Crippen LogP) is 3.91. The topological polar surface area (TPSA) is 45.1 Å². The SMILES string of the molecule is OCc1ccccc1NCc1cnc(-c2ccccc2)s1. The Hall–Kier alpha value is -2.17. The molecule has 0 radical (unpaired) electrons. The molecule has 0 fully saturated rings. The van der Waals surface area contributed by atoms with Crippen LogP contribution >= 0.6 is 11.3 Å². The molecule has 3 aromatic rings. The van der Waals surface area contributed by atoms with Crippen molar-refractivity contribution in [2.75, 3.05) is 5.32 Å². The number of nitrogens with zero attached hydrogens (tertiary/aromatic N) is 1. The first-order valence-corrected chi connectivity index (χ1v) is 7.61. The van der Waals surface area contributed by atoms with Crippen LogP contribution in [0.5, 0.6) is 0 Å². The van der Waals surface area contributed by atoms with E-state index in [1.165, 1.54) is 4.88 Å². The standard InChI is InChI=1S/C17H16N2OS/c20-12-14-8-4-5-9-16(14)18-10-15-11-19-17(21-15)13-6-2-1-3-7-13/h1-9,11,18,20H,10,12H2. The Morgan fingerprint density at radius 1 is 1.00 bits per heavy atom. The van der Waals surface area contributed by atoms with Crippen molar-refractivity contribution in [2.45, 2.75) is 13.2 Å². The van der Waals surface area contributed by atoms with E-state index >= 15 is 0 Å². The first kappa shape index (κ1) is 13.8. The van der Waals surface area contributed by atoms with Crippen LogP contribution in [-0.4, -0.2) is 10.1 Å². The van der Waals surface area contributed by atoms with E-state index in [-0.39, 0.29) is 6.61 Å². The van der Waals surface area contributed by atoms with Crippen LogP contribution in [0.1, 0.15) is 10.4 Å². The van der Waals surface area contributed by atoms with Crippen molar-refractivity contribution in [3.05, 3.63) is 71.2 Å². The highest BCUT2D eigenvalue weighted by atomic mass is 32.1. The molecule has 0 amide bonds. The van der Waals surface area contributed by atoms with Gasteiger partial charge in [-0.05, 0) is 6.07 Å². The molecule has 2 aromatic carbocycles. The number of hydrogen-bond acceptors (Lipinski definition) is 4. The average Bonchev–Trinajstić information content (AvgIpc) is 3.03. The fourth-order valence-electron chi connectivity index (χ4n) is 2.12. The van der Waals surface area contributed by atoms with Crippen molar-refractivity contribution in [1.29, 1.82) is 0 Å². The number of aliphatic hydroxyl groups is 1. The minimum absolute atomic E-state index is 0.0428. The van der Waals surface area contributed by atoms with Crippen LogP contribution in [0.2, 0.25) is 0 Å². The molecule has 0 unspecified atom stereocenters. The molecular formula is C17H16N2OS. The Morgan fingerprint density at radius 3 is 2.57 bits per heavy atom. The molecule has 0 bridgehead atoms. The second-order valence-electron chi connectivity index (χ2n) is 4.67. The van der Waals surface area contributed by atoms with Crippen LogP contribution in [0.25, 0.3) is 10.6 Å². The van der Waals surface area contributed by atoms with Crippen LogP contribution in [0.15, 0.2) is 60.8 Å². The zero-order valence-corrected chi connectivity index (χ0v) is 12.3. The quantitative estimate of drug-likeness (QED) is 0.750. The molecule has 3 nitrogen and oxygen atoms in total. The van der Waals surface area contributed by atoms with E-state index in [2.05, 4.69) is 22.4 Å². The van der Waals surface area contributed by atoms with Gasteiger partial charge in [0.25, 0.3) is 0 Å². The molecule has 0 aliphatic carbocycles. The lowest BCUT2D eigenvalue weighted by molar-refractivity contribution is 0.282. The lowest BCUT2D eigenvalue weighted by atomic mass is 10.2. The predicted molar refractivity (Wildman–Crippen MR) is 87.2 cm³/mol. The van der Waals surface area contributed by atoms with E-state index in [1.807, 2.05) is 48.7 Å². The minimum atomic E-state index is 0.0428. The normalized spacial score (nSPS) is 10.5. The number of para-hydroxylation sites is 1. The summed E-state index contributed by atoms with van der Waals surface area (Å²) in [5, 5.41) is 13.7. The van der Waals surface area contributed by atoms with E-state index in [4.69, 9.17) is 0 Å². The van der Waals surface area contributed by atoms with Gasteiger partial charge in [-0.1, -0.05) is 48.5 Å². The number of nitrogens with one attached hydrogen (secondary N) is 1. The highest BCUT2D eigenvalue weighted by molar-refractivity contribution is 7.15. The van der Waals surface area contributed by atoms with Crippen LogP contribution in [0.3, 0.4) is 0 Å². The monoisotopic (exact) mass is 296 g/mol. The molecule has 1 aromatic heterocycles. The zero-order chi connectivity index (χ0) is 14.5. The third-order valence-corrected chi connectivity index (χ3v) is 4.26. The van der Waals surface area contributed by atoms with Crippen LogP contribution < -0.4 is 5.32 Å². The number of benzene rings is 2. The third-order valence-electron chi connectivity index (χ3n) is 3.22. The van der Waals surface area contributed by atoms with E-state index in [0.29, 0.717) is 6.54 Å². The van der Waals surface area contributed by atoms with E-state index in [9.17, 15) is 5.11 Å². The van der Waals surface area contributed by atoms with Gasteiger partial charge < -0.3 is 10.4 Å². The van der Waals surface area contributed by atoms with Crippen molar-refractivity contribution >= 4 is 17.0 Å². The fourth-order valence-corrected chi connectivity index (χ4v) is 2.97. The van der Waals surface area contributed by atoms with Crippen LogP contribution in [0, 0.1) is 0 Å². The van der Waals surface area contributed by atoms with Gasteiger partial charge in [0.1, 0.15) is 5.01 Å². The molecule has 1 heterocycles. The van der Waals surface area contributed by atoms with Crippen molar-refractivity contribution in [1.82, 2.24) is 4.98 Å². The summed E-state index contributed by atoms with van der Waals surface area (Å²) in [6.45, 7) is 0.753. The van der Waals surface area contributed by atoms with Gasteiger partial charge in [0, 0.05) is 27.9 Å². The first-order chi connectivity index (χ1) is 10.4. The second kappa shape index (κ2) is 6.52. The number of aromatic nitrogens is 1. The molecular weight excluding hydrogens is 280 g/mol. The Bertz CT molecular complexity index is 710. The van der Waals surface area contributed by atoms with Gasteiger partial charge in [-0.3, -0.25) is 0 Å². The number of anilines is 1. The van der Waals surface area contributed by atoms with Gasteiger partial charge in [-0.15, -0.1) is 11.3 Å². The molecule has 4 heteroatoms. The maximum absolute atomic E-state index is 9.32. The highest BCUT2D eigenvalue weighted by Gasteiger charge is 2.05. The third kappa shape index (κ3) is 3.29. The van der Waals surface area contributed by atoms with Gasteiger partial charge in [0.15, 0.2) is 0 Å². The molecule has 0 atom stereocenters. The maximum Gasteiger partial charge on any atom is 0.123 e. The maximum atomic E-state index is 9.32. The number of rotatable bonds is 5. The number of hydrogen-bond donors (Lipinski definition) is 2. The summed E-state index contributed by atoms with van der Waals surface area (Å²) in [6, 6.07) is 18.0. The summed E-state index contributed by atoms with van der Waals surface area (Å²) in [7, 11) is 0. The van der Waals surface area contributed by atoms with Gasteiger partial charge in [0.2, 0.25) is 0 Å². The molecule has 0 saturated carbocycles.